The highest BCUT2D eigenvalue weighted by molar-refractivity contribution is 7.91. The maximum atomic E-state index is 13.9. The minimum Gasteiger partial charge on any atom is -0.338 e. The van der Waals surface area contributed by atoms with Crippen molar-refractivity contribution < 1.29 is 44.3 Å². The Balaban J connectivity index is 0.000000254. The molecule has 0 radical (unpaired) electrons. The second-order valence-corrected chi connectivity index (χ2v) is 11.5. The Kier molecular flexibility index (Phi) is 12.7. The van der Waals surface area contributed by atoms with Crippen LogP contribution >= 0.6 is 0 Å². The third-order valence-electron chi connectivity index (χ3n) is 5.44. The fourth-order valence-corrected chi connectivity index (χ4v) is 5.15. The lowest BCUT2D eigenvalue weighted by molar-refractivity contribution is -0.109. The number of benzene rings is 4. The number of hydrogen-bond acceptors (Lipinski definition) is 5. The van der Waals surface area contributed by atoms with E-state index in [9.17, 15) is 39.8 Å². The SMILES string of the molecule is Cc1ccc(S(=O)(=O)C(NC=O)c2ccc(F)cc2F)cc1.Cc1ccc(S(=O)O)cc1.O=Cc1ccc(F)cc1F. The van der Waals surface area contributed by atoms with E-state index in [1.54, 1.807) is 31.2 Å². The molecule has 7 nitrogen and oxygen atoms in total. The van der Waals surface area contributed by atoms with E-state index < -0.39 is 49.6 Å². The van der Waals surface area contributed by atoms with Gasteiger partial charge in [-0.3, -0.25) is 9.59 Å². The van der Waals surface area contributed by atoms with Crippen molar-refractivity contribution in [3.05, 3.63) is 130 Å². The van der Waals surface area contributed by atoms with Crippen LogP contribution < -0.4 is 5.32 Å². The van der Waals surface area contributed by atoms with E-state index in [2.05, 4.69) is 5.32 Å². The van der Waals surface area contributed by atoms with E-state index in [4.69, 9.17) is 4.55 Å². The van der Waals surface area contributed by atoms with Crippen LogP contribution in [0.4, 0.5) is 17.6 Å². The highest BCUT2D eigenvalue weighted by atomic mass is 32.2. The summed E-state index contributed by atoms with van der Waals surface area (Å²) in [6, 6.07) is 18.1. The van der Waals surface area contributed by atoms with Gasteiger partial charge in [0, 0.05) is 17.7 Å². The fourth-order valence-electron chi connectivity index (χ4n) is 3.24. The summed E-state index contributed by atoms with van der Waals surface area (Å²) in [7, 11) is -4.07. The average Bonchev–Trinajstić information content (AvgIpc) is 2.93. The zero-order valence-corrected chi connectivity index (χ0v) is 23.8. The highest BCUT2D eigenvalue weighted by Crippen LogP contribution is 2.28. The van der Waals surface area contributed by atoms with Crippen molar-refractivity contribution >= 4 is 33.6 Å². The predicted molar refractivity (Wildman–Crippen MR) is 149 cm³/mol. The largest absolute Gasteiger partial charge is 0.338 e. The van der Waals surface area contributed by atoms with Crippen LogP contribution in [-0.4, -0.2) is 29.9 Å². The predicted octanol–water partition coefficient (Wildman–Crippen LogP) is 5.84. The van der Waals surface area contributed by atoms with Crippen molar-refractivity contribution in [3.8, 4) is 0 Å². The number of amides is 1. The fraction of sp³-hybridized carbons (Fsp3) is 0.103. The van der Waals surface area contributed by atoms with Crippen molar-refractivity contribution in [3.63, 3.8) is 0 Å². The van der Waals surface area contributed by atoms with Crippen LogP contribution in [0.5, 0.6) is 0 Å². The number of halogens is 4. The lowest BCUT2D eigenvalue weighted by Crippen LogP contribution is -2.28. The molecule has 1 amide bonds. The number of hydrogen-bond donors (Lipinski definition) is 2. The number of nitrogens with one attached hydrogen (secondary N) is 1. The Bertz CT molecular complexity index is 1650. The lowest BCUT2D eigenvalue weighted by atomic mass is 10.2. The van der Waals surface area contributed by atoms with Crippen molar-refractivity contribution in [2.24, 2.45) is 0 Å². The van der Waals surface area contributed by atoms with Crippen molar-refractivity contribution in [2.75, 3.05) is 0 Å². The van der Waals surface area contributed by atoms with Gasteiger partial charge in [0.05, 0.1) is 15.4 Å². The number of aldehydes is 1. The molecule has 222 valence electrons. The molecule has 0 heterocycles. The second kappa shape index (κ2) is 15.7. The van der Waals surface area contributed by atoms with Crippen LogP contribution in [-0.2, 0) is 25.7 Å². The van der Waals surface area contributed by atoms with Crippen LogP contribution in [0.3, 0.4) is 0 Å². The third-order valence-corrected chi connectivity index (χ3v) is 8.05. The second-order valence-electron chi connectivity index (χ2n) is 8.53. The number of aryl methyl sites for hydroxylation is 2. The summed E-state index contributed by atoms with van der Waals surface area (Å²) < 4.78 is 95.6. The normalized spacial score (nSPS) is 12.0. The van der Waals surface area contributed by atoms with Crippen LogP contribution in [0.15, 0.2) is 94.7 Å². The molecule has 0 saturated carbocycles. The van der Waals surface area contributed by atoms with E-state index in [1.807, 2.05) is 19.1 Å². The van der Waals surface area contributed by atoms with Gasteiger partial charge in [0.25, 0.3) is 0 Å². The molecule has 4 aromatic carbocycles. The van der Waals surface area contributed by atoms with Gasteiger partial charge in [-0.1, -0.05) is 41.5 Å². The first-order valence-electron chi connectivity index (χ1n) is 11.8. The van der Waals surface area contributed by atoms with Gasteiger partial charge in [-0.15, -0.1) is 0 Å². The van der Waals surface area contributed by atoms with E-state index in [0.717, 1.165) is 35.4 Å². The molecule has 0 bridgehead atoms. The highest BCUT2D eigenvalue weighted by Gasteiger charge is 2.31. The molecule has 2 unspecified atom stereocenters. The molecule has 0 saturated heterocycles. The van der Waals surface area contributed by atoms with Gasteiger partial charge in [0.15, 0.2) is 22.7 Å². The molecule has 0 aromatic heterocycles. The number of carbonyl (C=O) groups excluding carboxylic acids is 2. The van der Waals surface area contributed by atoms with E-state index >= 15 is 0 Å². The van der Waals surface area contributed by atoms with Crippen molar-refractivity contribution in [1.82, 2.24) is 5.32 Å². The molecule has 4 rings (SSSR count). The number of sulfone groups is 1. The van der Waals surface area contributed by atoms with E-state index in [1.165, 1.54) is 12.1 Å². The maximum Gasteiger partial charge on any atom is 0.208 e. The lowest BCUT2D eigenvalue weighted by Gasteiger charge is -2.18. The first-order chi connectivity index (χ1) is 19.8. The molecule has 0 aliphatic carbocycles. The Morgan fingerprint density at radius 2 is 1.26 bits per heavy atom. The van der Waals surface area contributed by atoms with Crippen LogP contribution in [0.2, 0.25) is 0 Å². The summed E-state index contributed by atoms with van der Waals surface area (Å²) in [5.74, 6) is -3.38. The Labute approximate surface area is 242 Å². The summed E-state index contributed by atoms with van der Waals surface area (Å²) in [6.45, 7) is 3.72. The standard InChI is InChI=1S/C15H13F2NO3S.C7H4F2O.C7H8O2S/c1-10-2-5-12(6-3-10)22(20,21)15(18-9-19)13-7-4-11(16)8-14(13)17;8-6-2-1-5(4-10)7(9)3-6;1-6-2-4-7(5-3-6)10(8)9/h2-9,15H,1H3,(H,18,19);1-4H;2-5H,1H3,(H,8,9). The minimum absolute atomic E-state index is 0.0684. The smallest absolute Gasteiger partial charge is 0.208 e. The Morgan fingerprint density at radius 3 is 1.71 bits per heavy atom. The minimum atomic E-state index is -4.07. The average molecular weight is 624 g/mol. The van der Waals surface area contributed by atoms with Crippen molar-refractivity contribution in [2.45, 2.75) is 29.0 Å². The molecular formula is C29H25F4NO6S2. The van der Waals surface area contributed by atoms with Gasteiger partial charge in [-0.05, 0) is 56.3 Å². The third kappa shape index (κ3) is 9.72. The van der Waals surface area contributed by atoms with Gasteiger partial charge in [0.2, 0.25) is 16.2 Å². The maximum absolute atomic E-state index is 13.9. The monoisotopic (exact) mass is 623 g/mol. The van der Waals surface area contributed by atoms with Crippen LogP contribution in [0.25, 0.3) is 0 Å². The molecule has 0 fully saturated rings. The quantitative estimate of drug-likeness (QED) is 0.152. The summed E-state index contributed by atoms with van der Waals surface area (Å²) >= 11 is -1.84. The first kappa shape index (κ1) is 34.0. The molecule has 2 N–H and O–H groups in total. The Hall–Kier alpha value is -4.20. The summed E-state index contributed by atoms with van der Waals surface area (Å²) in [5, 5.41) is 0.450. The van der Waals surface area contributed by atoms with Crippen molar-refractivity contribution in [1.29, 1.82) is 0 Å². The first-order valence-corrected chi connectivity index (χ1v) is 14.5. The summed E-state index contributed by atoms with van der Waals surface area (Å²) in [4.78, 5) is 21.1. The molecule has 42 heavy (non-hydrogen) atoms. The molecular weight excluding hydrogens is 598 g/mol. The summed E-state index contributed by atoms with van der Waals surface area (Å²) in [6.07, 6.45) is 0.508. The zero-order chi connectivity index (χ0) is 31.4. The molecule has 0 aliphatic rings. The van der Waals surface area contributed by atoms with Gasteiger partial charge < -0.3 is 9.87 Å². The number of carbonyl (C=O) groups is 2. The molecule has 0 aliphatic heterocycles. The summed E-state index contributed by atoms with van der Waals surface area (Å²) in [5.41, 5.74) is 1.50. The molecule has 2 atom stereocenters. The van der Waals surface area contributed by atoms with Gasteiger partial charge >= 0.3 is 0 Å². The van der Waals surface area contributed by atoms with Crippen LogP contribution in [0.1, 0.15) is 32.4 Å². The van der Waals surface area contributed by atoms with Gasteiger partial charge in [-0.25, -0.2) is 30.2 Å². The number of rotatable bonds is 7. The Morgan fingerprint density at radius 1 is 0.762 bits per heavy atom. The zero-order valence-electron chi connectivity index (χ0n) is 22.1. The van der Waals surface area contributed by atoms with Gasteiger partial charge in [0.1, 0.15) is 23.3 Å². The van der Waals surface area contributed by atoms with Crippen LogP contribution in [0, 0.1) is 37.1 Å². The topological polar surface area (TPSA) is 118 Å². The van der Waals surface area contributed by atoms with Gasteiger partial charge in [-0.2, -0.15) is 0 Å². The van der Waals surface area contributed by atoms with E-state index in [-0.39, 0.29) is 22.4 Å². The molecule has 0 spiro atoms. The molecule has 13 heteroatoms. The molecule has 4 aromatic rings. The van der Waals surface area contributed by atoms with E-state index in [0.29, 0.717) is 23.3 Å².